The molecule has 0 radical (unpaired) electrons. The van der Waals surface area contributed by atoms with Gasteiger partial charge in [-0.05, 0) is 60.3 Å². The Morgan fingerprint density at radius 2 is 1.18 bits per heavy atom. The molecule has 4 heteroatoms. The Hall–Kier alpha value is -0.740. The van der Waals surface area contributed by atoms with E-state index in [9.17, 15) is 9.59 Å². The molecule has 0 aromatic carbocycles. The van der Waals surface area contributed by atoms with Gasteiger partial charge >= 0.3 is 0 Å². The highest BCUT2D eigenvalue weighted by atomic mass is 16.1. The Bertz CT molecular complexity index is 534. The Morgan fingerprint density at radius 1 is 0.714 bits per heavy atom. The Balaban J connectivity index is 5.13. The molecule has 2 unspecified atom stereocenters. The fraction of sp³-hybridized carbons (Fsp3) is 0.917. The predicted octanol–water partition coefficient (Wildman–Crippen LogP) is 5.15. The molecule has 0 bridgehead atoms. The van der Waals surface area contributed by atoms with Crippen LogP contribution < -0.4 is 10.6 Å². The summed E-state index contributed by atoms with van der Waals surface area (Å²) in [6.07, 6.45) is 1.60. The van der Waals surface area contributed by atoms with Crippen molar-refractivity contribution >= 4 is 11.6 Å². The van der Waals surface area contributed by atoms with E-state index in [1.807, 2.05) is 41.5 Å². The van der Waals surface area contributed by atoms with E-state index in [0.29, 0.717) is 0 Å². The van der Waals surface area contributed by atoms with Gasteiger partial charge in [0.2, 0.25) is 0 Å². The highest BCUT2D eigenvalue weighted by Crippen LogP contribution is 2.30. The summed E-state index contributed by atoms with van der Waals surface area (Å²) in [7, 11) is 0. The third-order valence-electron chi connectivity index (χ3n) is 5.32. The fourth-order valence-corrected chi connectivity index (χ4v) is 3.54. The van der Waals surface area contributed by atoms with E-state index in [0.717, 1.165) is 12.8 Å². The summed E-state index contributed by atoms with van der Waals surface area (Å²) in [4.78, 5) is 25.9. The van der Waals surface area contributed by atoms with Crippen LogP contribution in [0.3, 0.4) is 0 Å². The van der Waals surface area contributed by atoms with Crippen molar-refractivity contribution in [2.45, 2.75) is 126 Å². The minimum atomic E-state index is -0.419. The Kier molecular flexibility index (Phi) is 9.13. The first-order valence-corrected chi connectivity index (χ1v) is 10.8. The van der Waals surface area contributed by atoms with E-state index < -0.39 is 5.41 Å². The van der Waals surface area contributed by atoms with Crippen LogP contribution in [-0.2, 0) is 9.59 Å². The van der Waals surface area contributed by atoms with Crippen LogP contribution in [-0.4, -0.2) is 34.7 Å². The molecule has 28 heavy (non-hydrogen) atoms. The van der Waals surface area contributed by atoms with E-state index in [2.05, 4.69) is 59.1 Å². The molecule has 0 aliphatic rings. The van der Waals surface area contributed by atoms with Crippen molar-refractivity contribution in [3.63, 3.8) is 0 Å². The van der Waals surface area contributed by atoms with E-state index >= 15 is 0 Å². The first-order valence-electron chi connectivity index (χ1n) is 10.8. The lowest BCUT2D eigenvalue weighted by molar-refractivity contribution is -0.131. The average molecular weight is 397 g/mol. The molecule has 0 aromatic rings. The van der Waals surface area contributed by atoms with Gasteiger partial charge in [0, 0.05) is 21.9 Å². The van der Waals surface area contributed by atoms with Gasteiger partial charge in [0.25, 0.3) is 0 Å². The molecular weight excluding hydrogens is 348 g/mol. The zero-order chi connectivity index (χ0) is 22.7. The highest BCUT2D eigenvalue weighted by molar-refractivity contribution is 5.89. The lowest BCUT2D eigenvalue weighted by Gasteiger charge is -2.38. The molecule has 0 saturated carbocycles. The lowest BCUT2D eigenvalue weighted by atomic mass is 9.76. The molecule has 4 nitrogen and oxygen atoms in total. The van der Waals surface area contributed by atoms with Gasteiger partial charge in [0.1, 0.15) is 0 Å². The average Bonchev–Trinajstić information content (AvgIpc) is 2.46. The van der Waals surface area contributed by atoms with Crippen molar-refractivity contribution in [2.75, 3.05) is 0 Å². The third-order valence-corrected chi connectivity index (χ3v) is 5.32. The van der Waals surface area contributed by atoms with Gasteiger partial charge in [0.15, 0.2) is 11.6 Å². The van der Waals surface area contributed by atoms with Gasteiger partial charge < -0.3 is 10.6 Å². The molecule has 166 valence electrons. The Labute approximate surface area is 175 Å². The quantitative estimate of drug-likeness (QED) is 0.536. The molecule has 0 heterocycles. The summed E-state index contributed by atoms with van der Waals surface area (Å²) < 4.78 is 0. The molecule has 2 N–H and O–H groups in total. The van der Waals surface area contributed by atoms with Gasteiger partial charge in [-0.25, -0.2) is 0 Å². The zero-order valence-corrected chi connectivity index (χ0v) is 21.0. The fourth-order valence-electron chi connectivity index (χ4n) is 3.54. The first-order chi connectivity index (χ1) is 12.2. The van der Waals surface area contributed by atoms with Crippen LogP contribution in [0, 0.1) is 16.7 Å². The van der Waals surface area contributed by atoms with Crippen molar-refractivity contribution in [3.05, 3.63) is 0 Å². The van der Waals surface area contributed by atoms with Gasteiger partial charge in [0.05, 0.1) is 12.1 Å². The van der Waals surface area contributed by atoms with Crippen molar-refractivity contribution in [2.24, 2.45) is 16.7 Å². The van der Waals surface area contributed by atoms with Crippen LogP contribution in [0.5, 0.6) is 0 Å². The number of Topliss-reactive ketones (excluding diaryl/α,β-unsaturated/α-hetero) is 2. The summed E-state index contributed by atoms with van der Waals surface area (Å²) in [6, 6.07) is -0.368. The summed E-state index contributed by atoms with van der Waals surface area (Å²) in [6.45, 7) is 26.6. The van der Waals surface area contributed by atoms with Crippen molar-refractivity contribution in [1.29, 1.82) is 0 Å². The maximum Gasteiger partial charge on any atom is 0.155 e. The maximum absolute atomic E-state index is 13.0. The third kappa shape index (κ3) is 9.17. The van der Waals surface area contributed by atoms with Gasteiger partial charge in [-0.15, -0.1) is 0 Å². The highest BCUT2D eigenvalue weighted by Gasteiger charge is 2.37. The van der Waals surface area contributed by atoms with Crippen LogP contribution >= 0.6 is 0 Å². The number of ketones is 2. The zero-order valence-electron chi connectivity index (χ0n) is 21.0. The summed E-state index contributed by atoms with van der Waals surface area (Å²) in [5.74, 6) is 0.704. The van der Waals surface area contributed by atoms with Crippen LogP contribution in [0.2, 0.25) is 0 Å². The van der Waals surface area contributed by atoms with Crippen LogP contribution in [0.4, 0.5) is 0 Å². The second-order valence-corrected chi connectivity index (χ2v) is 12.2. The minimum absolute atomic E-state index is 0.0935. The molecule has 0 fully saturated rings. The second kappa shape index (κ2) is 9.38. The smallest absolute Gasteiger partial charge is 0.155 e. The van der Waals surface area contributed by atoms with Crippen molar-refractivity contribution in [1.82, 2.24) is 10.6 Å². The largest absolute Gasteiger partial charge is 0.303 e. The number of rotatable bonds is 10. The van der Waals surface area contributed by atoms with Crippen molar-refractivity contribution < 1.29 is 9.59 Å². The molecule has 2 atom stereocenters. The molecule has 0 amide bonds. The lowest BCUT2D eigenvalue weighted by Crippen LogP contribution is -2.55. The Morgan fingerprint density at radius 3 is 1.54 bits per heavy atom. The van der Waals surface area contributed by atoms with Gasteiger partial charge in [-0.3, -0.25) is 9.59 Å². The van der Waals surface area contributed by atoms with Gasteiger partial charge in [-0.2, -0.15) is 0 Å². The molecule has 0 saturated heterocycles. The standard InChI is InChI=1S/C24H48N2O2/c1-16(2)18(20(28)21(4,5)6)26-24(12,13)15-14-23(10,11)19(27)17(3)25-22(7,8)9/h16-18,25-26H,14-15H2,1-13H3. The molecule has 0 rings (SSSR count). The number of carbonyl (C=O) groups is 2. The predicted molar refractivity (Wildman–Crippen MR) is 121 cm³/mol. The molecular formula is C24H48N2O2. The van der Waals surface area contributed by atoms with Crippen LogP contribution in [0.1, 0.15) is 103 Å². The molecule has 0 aromatic heterocycles. The summed E-state index contributed by atoms with van der Waals surface area (Å²) in [5.41, 5.74) is -1.11. The monoisotopic (exact) mass is 396 g/mol. The van der Waals surface area contributed by atoms with Crippen LogP contribution in [0.25, 0.3) is 0 Å². The molecule has 0 aliphatic heterocycles. The van der Waals surface area contributed by atoms with E-state index in [-0.39, 0.29) is 46.1 Å². The SMILES string of the molecule is CC(NC(C)(C)C)C(=O)C(C)(C)CCC(C)(C)NC(C(=O)C(C)(C)C)C(C)C. The number of hydrogen-bond acceptors (Lipinski definition) is 4. The van der Waals surface area contributed by atoms with Crippen molar-refractivity contribution in [3.8, 4) is 0 Å². The first kappa shape index (κ1) is 27.3. The topological polar surface area (TPSA) is 58.2 Å². The summed E-state index contributed by atoms with van der Waals surface area (Å²) in [5, 5.41) is 6.99. The normalized spacial score (nSPS) is 16.2. The van der Waals surface area contributed by atoms with Gasteiger partial charge in [-0.1, -0.05) is 48.5 Å². The van der Waals surface area contributed by atoms with E-state index in [1.54, 1.807) is 0 Å². The summed E-state index contributed by atoms with van der Waals surface area (Å²) >= 11 is 0. The second-order valence-electron chi connectivity index (χ2n) is 12.2. The number of nitrogens with one attached hydrogen (secondary N) is 2. The number of hydrogen-bond donors (Lipinski definition) is 2. The maximum atomic E-state index is 13.0. The molecule has 0 spiro atoms. The van der Waals surface area contributed by atoms with Crippen LogP contribution in [0.15, 0.2) is 0 Å². The minimum Gasteiger partial charge on any atom is -0.303 e. The molecule has 0 aliphatic carbocycles. The number of carbonyl (C=O) groups excluding carboxylic acids is 2. The van der Waals surface area contributed by atoms with E-state index in [4.69, 9.17) is 0 Å². The van der Waals surface area contributed by atoms with E-state index in [1.165, 1.54) is 0 Å².